The lowest BCUT2D eigenvalue weighted by molar-refractivity contribution is -0.118. The Bertz CT molecular complexity index is 557. The smallest absolute Gasteiger partial charge is 0.321 e. The number of rotatable bonds is 2. The Hall–Kier alpha value is -1.75. The topological polar surface area (TPSA) is 61.4 Å². The third kappa shape index (κ3) is 2.72. The number of hydrogen-bond acceptors (Lipinski definition) is 3. The van der Waals surface area contributed by atoms with E-state index in [9.17, 15) is 9.59 Å². The highest BCUT2D eigenvalue weighted by atomic mass is 35.5. The van der Waals surface area contributed by atoms with Gasteiger partial charge in [0.25, 0.3) is 0 Å². The van der Waals surface area contributed by atoms with Crippen molar-refractivity contribution in [3.63, 3.8) is 0 Å². The Kier molecular flexibility index (Phi) is 3.90. The summed E-state index contributed by atoms with van der Waals surface area (Å²) in [5, 5.41) is 5.33. The number of amides is 3. The summed E-state index contributed by atoms with van der Waals surface area (Å²) >= 11 is 6.27. The fraction of sp³-hybridized carbons (Fsp3) is 0.429. The molecule has 0 spiro atoms. The average Bonchev–Trinajstić information content (AvgIpc) is 2.61. The van der Waals surface area contributed by atoms with Crippen molar-refractivity contribution in [3.05, 3.63) is 28.8 Å². The molecule has 1 heterocycles. The fourth-order valence-electron chi connectivity index (χ4n) is 2.63. The lowest BCUT2D eigenvalue weighted by Gasteiger charge is -2.21. The Morgan fingerprint density at radius 1 is 1.40 bits per heavy atom. The minimum absolute atomic E-state index is 0.124. The molecule has 0 aliphatic carbocycles. The summed E-state index contributed by atoms with van der Waals surface area (Å²) in [4.78, 5) is 24.9. The first-order valence-corrected chi connectivity index (χ1v) is 6.78. The summed E-state index contributed by atoms with van der Waals surface area (Å²) in [6, 6.07) is 5.17. The summed E-state index contributed by atoms with van der Waals surface area (Å²) in [5.41, 5.74) is 1.88. The maximum absolute atomic E-state index is 11.8. The second-order valence-corrected chi connectivity index (χ2v) is 5.91. The number of halogens is 1. The van der Waals surface area contributed by atoms with Crippen LogP contribution in [-0.2, 0) is 10.2 Å². The van der Waals surface area contributed by atoms with Gasteiger partial charge in [0.15, 0.2) is 0 Å². The van der Waals surface area contributed by atoms with Crippen LogP contribution in [-0.4, -0.2) is 32.1 Å². The maximum atomic E-state index is 11.8. The minimum Gasteiger partial charge on any atom is -0.361 e. The van der Waals surface area contributed by atoms with Crippen molar-refractivity contribution in [2.24, 2.45) is 0 Å². The molecule has 0 radical (unpaired) electrons. The number of carbonyl (C=O) groups excluding carboxylic acids is 2. The quantitative estimate of drug-likeness (QED) is 0.876. The van der Waals surface area contributed by atoms with Gasteiger partial charge in [0, 0.05) is 35.3 Å². The van der Waals surface area contributed by atoms with Gasteiger partial charge in [-0.05, 0) is 12.1 Å². The number of carbonyl (C=O) groups is 2. The lowest BCUT2D eigenvalue weighted by atomic mass is 9.87. The largest absolute Gasteiger partial charge is 0.361 e. The van der Waals surface area contributed by atoms with Crippen LogP contribution in [0, 0.1) is 0 Å². The zero-order valence-corrected chi connectivity index (χ0v) is 12.5. The van der Waals surface area contributed by atoms with Crippen LogP contribution in [0.25, 0.3) is 0 Å². The van der Waals surface area contributed by atoms with Crippen molar-refractivity contribution >= 4 is 29.2 Å². The second-order valence-electron chi connectivity index (χ2n) is 5.50. The van der Waals surface area contributed by atoms with Crippen LogP contribution in [0.5, 0.6) is 0 Å². The van der Waals surface area contributed by atoms with Crippen molar-refractivity contribution in [3.8, 4) is 0 Å². The predicted octanol–water partition coefficient (Wildman–Crippen LogP) is 1.89. The van der Waals surface area contributed by atoms with Gasteiger partial charge in [-0.2, -0.15) is 0 Å². The van der Waals surface area contributed by atoms with Gasteiger partial charge in [-0.3, -0.25) is 10.1 Å². The number of hydrogen-bond donors (Lipinski definition) is 2. The molecule has 0 fully saturated rings. The van der Waals surface area contributed by atoms with E-state index in [1.54, 1.807) is 0 Å². The molecule has 1 aromatic rings. The first kappa shape index (κ1) is 14.7. The highest BCUT2D eigenvalue weighted by Gasteiger charge is 2.37. The van der Waals surface area contributed by atoms with E-state index < -0.39 is 6.03 Å². The van der Waals surface area contributed by atoms with Crippen molar-refractivity contribution in [1.29, 1.82) is 0 Å². The van der Waals surface area contributed by atoms with Crippen LogP contribution in [0.4, 0.5) is 10.5 Å². The van der Waals surface area contributed by atoms with Gasteiger partial charge in [-0.25, -0.2) is 4.79 Å². The molecule has 0 atom stereocenters. The molecule has 2 rings (SSSR count). The average molecular weight is 296 g/mol. The summed E-state index contributed by atoms with van der Waals surface area (Å²) in [7, 11) is 1.47. The van der Waals surface area contributed by atoms with E-state index in [0.717, 1.165) is 11.3 Å². The van der Waals surface area contributed by atoms with Crippen molar-refractivity contribution < 1.29 is 9.59 Å². The van der Waals surface area contributed by atoms with E-state index in [4.69, 9.17) is 11.6 Å². The third-order valence-electron chi connectivity index (χ3n) is 3.41. The molecular formula is C14H18ClN3O2. The van der Waals surface area contributed by atoms with Gasteiger partial charge in [-0.15, -0.1) is 0 Å². The Balaban J connectivity index is 2.19. The van der Waals surface area contributed by atoms with Crippen LogP contribution < -0.4 is 15.5 Å². The van der Waals surface area contributed by atoms with Gasteiger partial charge >= 0.3 is 6.03 Å². The van der Waals surface area contributed by atoms with Crippen LogP contribution in [0.1, 0.15) is 19.4 Å². The van der Waals surface area contributed by atoms with E-state index in [0.29, 0.717) is 11.6 Å². The number of anilines is 1. The molecule has 0 bridgehead atoms. The Labute approximate surface area is 123 Å². The van der Waals surface area contributed by atoms with E-state index in [1.807, 2.05) is 23.1 Å². The first-order chi connectivity index (χ1) is 9.35. The second kappa shape index (κ2) is 5.32. The molecular weight excluding hydrogens is 278 g/mol. The number of imide groups is 1. The Morgan fingerprint density at radius 3 is 2.75 bits per heavy atom. The summed E-state index contributed by atoms with van der Waals surface area (Å²) in [6.45, 7) is 5.00. The Morgan fingerprint density at radius 2 is 2.10 bits per heavy atom. The van der Waals surface area contributed by atoms with Crippen LogP contribution >= 0.6 is 11.6 Å². The number of nitrogens with one attached hydrogen (secondary N) is 2. The predicted molar refractivity (Wildman–Crippen MR) is 79.3 cm³/mol. The SMILES string of the molecule is CNC(=O)NC(=O)CN1CC(C)(C)c2c(Cl)cccc21. The molecule has 0 aromatic heterocycles. The van der Waals surface area contributed by atoms with Crippen molar-refractivity contribution in [2.75, 3.05) is 25.0 Å². The summed E-state index contributed by atoms with van der Waals surface area (Å²) in [5.74, 6) is -0.340. The standard InChI is InChI=1S/C14H18ClN3O2/c1-14(2)8-18(7-11(19)17-13(20)16-3)10-6-4-5-9(15)12(10)14/h4-6H,7-8H2,1-3H3,(H2,16,17,19,20). The zero-order chi connectivity index (χ0) is 14.9. The molecule has 1 aliphatic rings. The van der Waals surface area contributed by atoms with Crippen LogP contribution in [0.15, 0.2) is 18.2 Å². The molecule has 0 saturated carbocycles. The molecule has 1 aliphatic heterocycles. The number of fused-ring (bicyclic) bond motifs is 1. The molecule has 2 N–H and O–H groups in total. The minimum atomic E-state index is -0.500. The monoisotopic (exact) mass is 295 g/mol. The van der Waals surface area contributed by atoms with Crippen molar-refractivity contribution in [1.82, 2.24) is 10.6 Å². The highest BCUT2D eigenvalue weighted by molar-refractivity contribution is 6.32. The molecule has 3 amide bonds. The summed E-state index contributed by atoms with van der Waals surface area (Å²) in [6.07, 6.45) is 0. The molecule has 108 valence electrons. The van der Waals surface area contributed by atoms with E-state index >= 15 is 0 Å². The number of urea groups is 1. The molecule has 1 aromatic carbocycles. The molecule has 0 saturated heterocycles. The van der Waals surface area contributed by atoms with E-state index in [2.05, 4.69) is 24.5 Å². The van der Waals surface area contributed by atoms with Crippen LogP contribution in [0.3, 0.4) is 0 Å². The zero-order valence-electron chi connectivity index (χ0n) is 11.8. The molecule has 0 unspecified atom stereocenters. The highest BCUT2D eigenvalue weighted by Crippen LogP contribution is 2.43. The van der Waals surface area contributed by atoms with E-state index in [-0.39, 0.29) is 17.9 Å². The van der Waals surface area contributed by atoms with E-state index in [1.165, 1.54) is 7.05 Å². The van der Waals surface area contributed by atoms with Crippen molar-refractivity contribution in [2.45, 2.75) is 19.3 Å². The normalized spacial score (nSPS) is 15.7. The molecule has 5 nitrogen and oxygen atoms in total. The van der Waals surface area contributed by atoms with Crippen LogP contribution in [0.2, 0.25) is 5.02 Å². The first-order valence-electron chi connectivity index (χ1n) is 6.40. The molecule has 6 heteroatoms. The lowest BCUT2D eigenvalue weighted by Crippen LogP contribution is -2.44. The summed E-state index contributed by atoms with van der Waals surface area (Å²) < 4.78 is 0. The van der Waals surface area contributed by atoms with Gasteiger partial charge in [0.05, 0.1) is 6.54 Å². The molecule has 20 heavy (non-hydrogen) atoms. The maximum Gasteiger partial charge on any atom is 0.321 e. The van der Waals surface area contributed by atoms with Gasteiger partial charge in [-0.1, -0.05) is 31.5 Å². The van der Waals surface area contributed by atoms with Gasteiger partial charge in [0.2, 0.25) is 5.91 Å². The number of nitrogens with zero attached hydrogens (tertiary/aromatic N) is 1. The van der Waals surface area contributed by atoms with Gasteiger partial charge in [0.1, 0.15) is 0 Å². The van der Waals surface area contributed by atoms with Gasteiger partial charge < -0.3 is 10.2 Å². The fourth-order valence-corrected chi connectivity index (χ4v) is 3.06. The third-order valence-corrected chi connectivity index (χ3v) is 3.72. The number of benzene rings is 1.